The minimum absolute atomic E-state index is 0. The van der Waals surface area contributed by atoms with Gasteiger partial charge in [-0.2, -0.15) is 0 Å². The molecule has 1 heterocycles. The molecule has 76 valence electrons. The Morgan fingerprint density at radius 3 is 2.57 bits per heavy atom. The van der Waals surface area contributed by atoms with Crippen molar-refractivity contribution >= 4 is 10.9 Å². The van der Waals surface area contributed by atoms with E-state index in [1.165, 1.54) is 0 Å². The van der Waals surface area contributed by atoms with Crippen molar-refractivity contribution in [3.8, 4) is 0 Å². The molecule has 0 unspecified atom stereocenters. The molecule has 0 spiro atoms. The Balaban J connectivity index is 0.000000617. The molecular formula is C12H17NO. The van der Waals surface area contributed by atoms with Crippen molar-refractivity contribution in [2.24, 2.45) is 0 Å². The molecule has 0 aliphatic rings. The molecule has 0 radical (unpaired) electrons. The molecule has 1 aromatic carbocycles. The summed E-state index contributed by atoms with van der Waals surface area (Å²) in [5.74, 6) is 0. The second-order valence-electron chi connectivity index (χ2n) is 2.87. The third-order valence-electron chi connectivity index (χ3n) is 1.94. The minimum atomic E-state index is -0.00583. The highest BCUT2D eigenvalue weighted by atomic mass is 16.1. The van der Waals surface area contributed by atoms with Crippen LogP contribution < -0.4 is 5.56 Å². The number of para-hydroxylation sites is 1. The van der Waals surface area contributed by atoms with Gasteiger partial charge in [-0.05, 0) is 24.4 Å². The van der Waals surface area contributed by atoms with Crippen LogP contribution in [0.5, 0.6) is 0 Å². The summed E-state index contributed by atoms with van der Waals surface area (Å²) >= 11 is 0. The molecule has 0 bridgehead atoms. The van der Waals surface area contributed by atoms with E-state index in [-0.39, 0.29) is 6.99 Å². The number of benzene rings is 1. The van der Waals surface area contributed by atoms with E-state index in [9.17, 15) is 4.79 Å². The van der Waals surface area contributed by atoms with Gasteiger partial charge in [-0.3, -0.25) is 4.79 Å². The van der Waals surface area contributed by atoms with Crippen LogP contribution in [0.1, 0.15) is 20.8 Å². The first kappa shape index (κ1) is 10.5. The molecule has 0 fully saturated rings. The summed E-state index contributed by atoms with van der Waals surface area (Å²) < 4.78 is 0. The topological polar surface area (TPSA) is 32.9 Å². The summed E-state index contributed by atoms with van der Waals surface area (Å²) in [6, 6.07) is 9.65. The van der Waals surface area contributed by atoms with Gasteiger partial charge in [-0.15, -0.1) is 0 Å². The van der Waals surface area contributed by atoms with Crippen molar-refractivity contribution in [3.05, 3.63) is 46.2 Å². The first-order chi connectivity index (χ1) is 6.77. The molecule has 2 nitrogen and oxygen atoms in total. The van der Waals surface area contributed by atoms with E-state index in [0.29, 0.717) is 0 Å². The first-order valence-corrected chi connectivity index (χ1v) is 4.86. The fourth-order valence-corrected chi connectivity index (χ4v) is 1.26. The van der Waals surface area contributed by atoms with Crippen molar-refractivity contribution in [1.29, 1.82) is 0 Å². The van der Waals surface area contributed by atoms with E-state index in [2.05, 4.69) is 4.98 Å². The highest BCUT2D eigenvalue weighted by Crippen LogP contribution is 2.08. The maximum atomic E-state index is 11.2. The van der Waals surface area contributed by atoms with Crippen molar-refractivity contribution in [3.63, 3.8) is 0 Å². The minimum Gasteiger partial charge on any atom is -0.322 e. The van der Waals surface area contributed by atoms with E-state index in [0.717, 1.165) is 16.5 Å². The molecular weight excluding hydrogens is 174 g/mol. The van der Waals surface area contributed by atoms with Gasteiger partial charge in [0.1, 0.15) is 0 Å². The number of hydrogen-bond acceptors (Lipinski definition) is 1. The molecule has 0 saturated heterocycles. The van der Waals surface area contributed by atoms with Crippen molar-refractivity contribution in [2.45, 2.75) is 20.8 Å². The Bertz CT molecular complexity index is 476. The van der Waals surface area contributed by atoms with Gasteiger partial charge in [0.25, 0.3) is 5.56 Å². The molecule has 0 saturated carbocycles. The van der Waals surface area contributed by atoms with Crippen LogP contribution in [0, 0.1) is 6.92 Å². The summed E-state index contributed by atoms with van der Waals surface area (Å²) in [5.41, 5.74) is 1.65. The third kappa shape index (κ3) is 2.02. The van der Waals surface area contributed by atoms with Gasteiger partial charge < -0.3 is 4.98 Å². The summed E-state index contributed by atoms with van der Waals surface area (Å²) in [7, 11) is 0. The fraction of sp³-hybridized carbons (Fsp3) is 0.250. The molecule has 1 aromatic heterocycles. The predicted octanol–water partition coefficient (Wildman–Crippen LogP) is 3.11. The lowest BCUT2D eigenvalue weighted by atomic mass is 10.2. The molecule has 2 aromatic rings. The highest BCUT2D eigenvalue weighted by molar-refractivity contribution is 5.78. The van der Waals surface area contributed by atoms with Gasteiger partial charge in [0, 0.05) is 12.5 Å². The van der Waals surface area contributed by atoms with Crippen LogP contribution in [0.15, 0.2) is 35.1 Å². The number of fused-ring (bicyclic) bond motifs is 1. The summed E-state index contributed by atoms with van der Waals surface area (Å²) in [4.78, 5) is 14.0. The maximum absolute atomic E-state index is 11.2. The van der Waals surface area contributed by atoms with Crippen LogP contribution in [-0.4, -0.2) is 4.98 Å². The zero-order chi connectivity index (χ0) is 10.6. The number of pyridine rings is 1. The predicted molar refractivity (Wildman–Crippen MR) is 62.8 cm³/mol. The van der Waals surface area contributed by atoms with Gasteiger partial charge >= 0.3 is 0 Å². The SMILES string of the molecule is CC.Cc1cc2ccccc2[nH]c1=O.[HH]. The van der Waals surface area contributed by atoms with Crippen LogP contribution in [0.25, 0.3) is 10.9 Å². The number of aryl methyl sites for hydroxylation is 1. The third-order valence-corrected chi connectivity index (χ3v) is 1.94. The van der Waals surface area contributed by atoms with Gasteiger partial charge in [-0.25, -0.2) is 0 Å². The molecule has 0 aliphatic heterocycles. The highest BCUT2D eigenvalue weighted by Gasteiger charge is 1.95. The van der Waals surface area contributed by atoms with Crippen LogP contribution in [0.3, 0.4) is 0 Å². The van der Waals surface area contributed by atoms with Gasteiger partial charge in [-0.1, -0.05) is 32.0 Å². The van der Waals surface area contributed by atoms with Crippen LogP contribution in [0.2, 0.25) is 0 Å². The zero-order valence-corrected chi connectivity index (χ0v) is 8.79. The Labute approximate surface area is 85.1 Å². The van der Waals surface area contributed by atoms with Crippen molar-refractivity contribution < 1.29 is 1.43 Å². The standard InChI is InChI=1S/C10H9NO.C2H6.H2/c1-7-6-8-4-2-3-5-9(8)11-10(7)12;1-2;/h2-6H,1H3,(H,11,12);1-2H3;1H. The van der Waals surface area contributed by atoms with Crippen LogP contribution >= 0.6 is 0 Å². The van der Waals surface area contributed by atoms with Gasteiger partial charge in [0.2, 0.25) is 0 Å². The Kier molecular flexibility index (Phi) is 3.46. The molecule has 2 rings (SSSR count). The van der Waals surface area contributed by atoms with E-state index >= 15 is 0 Å². The maximum Gasteiger partial charge on any atom is 0.251 e. The number of rotatable bonds is 0. The average Bonchev–Trinajstić information content (AvgIpc) is 2.23. The second-order valence-corrected chi connectivity index (χ2v) is 2.87. The quantitative estimate of drug-likeness (QED) is 0.682. The summed E-state index contributed by atoms with van der Waals surface area (Å²) in [6.07, 6.45) is 0. The van der Waals surface area contributed by atoms with Crippen LogP contribution in [-0.2, 0) is 0 Å². The fourth-order valence-electron chi connectivity index (χ4n) is 1.26. The largest absolute Gasteiger partial charge is 0.322 e. The summed E-state index contributed by atoms with van der Waals surface area (Å²) in [6.45, 7) is 5.81. The van der Waals surface area contributed by atoms with Crippen molar-refractivity contribution in [2.75, 3.05) is 0 Å². The molecule has 14 heavy (non-hydrogen) atoms. The Morgan fingerprint density at radius 2 is 1.86 bits per heavy atom. The summed E-state index contributed by atoms with van der Waals surface area (Å²) in [5, 5.41) is 1.08. The number of aromatic amines is 1. The molecule has 0 atom stereocenters. The molecule has 2 heteroatoms. The van der Waals surface area contributed by atoms with E-state index < -0.39 is 0 Å². The van der Waals surface area contributed by atoms with Gasteiger partial charge in [0.15, 0.2) is 0 Å². The Hall–Kier alpha value is -1.57. The first-order valence-electron chi connectivity index (χ1n) is 4.86. The molecule has 1 N–H and O–H groups in total. The van der Waals surface area contributed by atoms with Crippen molar-refractivity contribution in [1.82, 2.24) is 4.98 Å². The van der Waals surface area contributed by atoms with Gasteiger partial charge in [0.05, 0.1) is 0 Å². The lowest BCUT2D eigenvalue weighted by Crippen LogP contribution is -2.08. The number of hydrogen-bond donors (Lipinski definition) is 1. The zero-order valence-electron chi connectivity index (χ0n) is 8.79. The number of nitrogens with one attached hydrogen (secondary N) is 1. The van der Waals surface area contributed by atoms with E-state index in [1.54, 1.807) is 0 Å². The average molecular weight is 191 g/mol. The number of aromatic nitrogens is 1. The Morgan fingerprint density at radius 1 is 1.21 bits per heavy atom. The normalized spacial score (nSPS) is 9.36. The van der Waals surface area contributed by atoms with E-state index in [1.807, 2.05) is 51.1 Å². The van der Waals surface area contributed by atoms with Crippen LogP contribution in [0.4, 0.5) is 0 Å². The monoisotopic (exact) mass is 191 g/mol. The number of H-pyrrole nitrogens is 1. The lowest BCUT2D eigenvalue weighted by molar-refractivity contribution is 1.24. The lowest BCUT2D eigenvalue weighted by Gasteiger charge is -1.97. The molecule has 0 amide bonds. The molecule has 0 aliphatic carbocycles. The second kappa shape index (κ2) is 4.61. The van der Waals surface area contributed by atoms with E-state index in [4.69, 9.17) is 0 Å². The smallest absolute Gasteiger partial charge is 0.251 e.